The molecule has 3 unspecified atom stereocenters. The van der Waals surface area contributed by atoms with Crippen molar-refractivity contribution in [3.63, 3.8) is 0 Å². The Morgan fingerprint density at radius 3 is 2.44 bits per heavy atom. The molecular formula is C14H28N2. The first-order valence-corrected chi connectivity index (χ1v) is 7.19. The molecule has 1 aliphatic carbocycles. The highest BCUT2D eigenvalue weighted by Gasteiger charge is 2.35. The van der Waals surface area contributed by atoms with Gasteiger partial charge in [-0.15, -0.1) is 0 Å². The van der Waals surface area contributed by atoms with Gasteiger partial charge in [-0.1, -0.05) is 13.8 Å². The number of nitrogens with one attached hydrogen (secondary N) is 1. The van der Waals surface area contributed by atoms with Crippen LogP contribution in [-0.2, 0) is 0 Å². The van der Waals surface area contributed by atoms with Crippen LogP contribution in [0.3, 0.4) is 0 Å². The van der Waals surface area contributed by atoms with E-state index in [4.69, 9.17) is 0 Å². The van der Waals surface area contributed by atoms with Gasteiger partial charge in [0.2, 0.25) is 0 Å². The summed E-state index contributed by atoms with van der Waals surface area (Å²) in [6.45, 7) is 11.0. The predicted molar refractivity (Wildman–Crippen MR) is 69.6 cm³/mol. The SMILES string of the molecule is CCCN1CCC(C(C)NC2CC2C)CC1. The summed E-state index contributed by atoms with van der Waals surface area (Å²) in [5, 5.41) is 3.80. The molecule has 2 aliphatic rings. The maximum absolute atomic E-state index is 3.80. The van der Waals surface area contributed by atoms with Crippen molar-refractivity contribution in [2.45, 2.75) is 58.5 Å². The highest BCUT2D eigenvalue weighted by molar-refractivity contribution is 4.93. The van der Waals surface area contributed by atoms with Gasteiger partial charge in [0.25, 0.3) is 0 Å². The van der Waals surface area contributed by atoms with Crippen LogP contribution < -0.4 is 5.32 Å². The van der Waals surface area contributed by atoms with Gasteiger partial charge in [0.1, 0.15) is 0 Å². The van der Waals surface area contributed by atoms with E-state index in [1.165, 1.54) is 45.3 Å². The van der Waals surface area contributed by atoms with Crippen molar-refractivity contribution in [2.24, 2.45) is 11.8 Å². The monoisotopic (exact) mass is 224 g/mol. The number of rotatable bonds is 5. The Morgan fingerprint density at radius 2 is 1.94 bits per heavy atom. The molecule has 0 aromatic heterocycles. The molecule has 2 rings (SSSR count). The number of hydrogen-bond donors (Lipinski definition) is 1. The molecule has 1 saturated carbocycles. The Balaban J connectivity index is 1.67. The topological polar surface area (TPSA) is 15.3 Å². The Labute approximate surface area is 101 Å². The minimum Gasteiger partial charge on any atom is -0.311 e. The van der Waals surface area contributed by atoms with Gasteiger partial charge in [0.15, 0.2) is 0 Å². The zero-order chi connectivity index (χ0) is 11.5. The van der Waals surface area contributed by atoms with E-state index < -0.39 is 0 Å². The van der Waals surface area contributed by atoms with Crippen molar-refractivity contribution in [3.05, 3.63) is 0 Å². The highest BCUT2D eigenvalue weighted by atomic mass is 15.1. The van der Waals surface area contributed by atoms with Crippen molar-refractivity contribution in [2.75, 3.05) is 19.6 Å². The van der Waals surface area contributed by atoms with Crippen LogP contribution in [0.4, 0.5) is 0 Å². The first-order chi connectivity index (χ1) is 7.70. The zero-order valence-corrected chi connectivity index (χ0v) is 11.2. The average molecular weight is 224 g/mol. The van der Waals surface area contributed by atoms with Gasteiger partial charge in [-0.3, -0.25) is 0 Å². The third-order valence-corrected chi connectivity index (χ3v) is 4.47. The lowest BCUT2D eigenvalue weighted by Crippen LogP contribution is -2.43. The number of likely N-dealkylation sites (tertiary alicyclic amines) is 1. The number of piperidine rings is 1. The van der Waals surface area contributed by atoms with Crippen molar-refractivity contribution in [1.82, 2.24) is 10.2 Å². The van der Waals surface area contributed by atoms with E-state index in [2.05, 4.69) is 31.0 Å². The van der Waals surface area contributed by atoms with E-state index >= 15 is 0 Å². The molecule has 3 atom stereocenters. The number of hydrogen-bond acceptors (Lipinski definition) is 2. The molecule has 0 aromatic rings. The Hall–Kier alpha value is -0.0800. The van der Waals surface area contributed by atoms with Crippen molar-refractivity contribution in [1.29, 1.82) is 0 Å². The summed E-state index contributed by atoms with van der Waals surface area (Å²) >= 11 is 0. The van der Waals surface area contributed by atoms with Gasteiger partial charge in [0.05, 0.1) is 0 Å². The second kappa shape index (κ2) is 5.50. The molecule has 16 heavy (non-hydrogen) atoms. The quantitative estimate of drug-likeness (QED) is 0.772. The Kier molecular flexibility index (Phi) is 4.26. The van der Waals surface area contributed by atoms with Crippen LogP contribution in [0.15, 0.2) is 0 Å². The predicted octanol–water partition coefficient (Wildman–Crippen LogP) is 2.49. The van der Waals surface area contributed by atoms with Crippen LogP contribution in [0.5, 0.6) is 0 Å². The largest absolute Gasteiger partial charge is 0.311 e. The summed E-state index contributed by atoms with van der Waals surface area (Å²) < 4.78 is 0. The zero-order valence-electron chi connectivity index (χ0n) is 11.2. The Morgan fingerprint density at radius 1 is 1.31 bits per heavy atom. The summed E-state index contributed by atoms with van der Waals surface area (Å²) in [5.41, 5.74) is 0. The van der Waals surface area contributed by atoms with Gasteiger partial charge < -0.3 is 10.2 Å². The minimum absolute atomic E-state index is 0.735. The Bertz CT molecular complexity index is 209. The van der Waals surface area contributed by atoms with E-state index in [9.17, 15) is 0 Å². The van der Waals surface area contributed by atoms with Crippen molar-refractivity contribution in [3.8, 4) is 0 Å². The van der Waals surface area contributed by atoms with E-state index in [1.807, 2.05) is 0 Å². The maximum Gasteiger partial charge on any atom is 0.00989 e. The van der Waals surface area contributed by atoms with Gasteiger partial charge in [-0.25, -0.2) is 0 Å². The first kappa shape index (κ1) is 12.4. The van der Waals surface area contributed by atoms with E-state index in [0.29, 0.717) is 0 Å². The first-order valence-electron chi connectivity index (χ1n) is 7.19. The number of nitrogens with zero attached hydrogens (tertiary/aromatic N) is 1. The molecule has 0 amide bonds. The van der Waals surface area contributed by atoms with Crippen molar-refractivity contribution < 1.29 is 0 Å². The lowest BCUT2D eigenvalue weighted by atomic mass is 9.90. The van der Waals surface area contributed by atoms with Crippen LogP contribution in [0.2, 0.25) is 0 Å². The average Bonchev–Trinajstić information content (AvgIpc) is 2.95. The molecule has 0 spiro atoms. The standard InChI is InChI=1S/C14H28N2/c1-4-7-16-8-5-13(6-9-16)12(3)15-14-10-11(14)2/h11-15H,4-10H2,1-3H3. The van der Waals surface area contributed by atoms with Gasteiger partial charge in [-0.05, 0) is 64.1 Å². The molecule has 1 heterocycles. The van der Waals surface area contributed by atoms with E-state index in [1.54, 1.807) is 0 Å². The fourth-order valence-electron chi connectivity index (χ4n) is 3.02. The fourth-order valence-corrected chi connectivity index (χ4v) is 3.02. The van der Waals surface area contributed by atoms with Crippen molar-refractivity contribution >= 4 is 0 Å². The summed E-state index contributed by atoms with van der Waals surface area (Å²) in [6.07, 6.45) is 5.50. The fraction of sp³-hybridized carbons (Fsp3) is 1.00. The molecule has 94 valence electrons. The molecule has 1 aliphatic heterocycles. The third-order valence-electron chi connectivity index (χ3n) is 4.47. The van der Waals surface area contributed by atoms with Crippen LogP contribution in [0, 0.1) is 11.8 Å². The maximum atomic E-state index is 3.80. The normalized spacial score (nSPS) is 33.9. The molecule has 2 nitrogen and oxygen atoms in total. The third kappa shape index (κ3) is 3.21. The highest BCUT2D eigenvalue weighted by Crippen LogP contribution is 2.31. The second-order valence-corrected chi connectivity index (χ2v) is 5.95. The lowest BCUT2D eigenvalue weighted by molar-refractivity contribution is 0.162. The summed E-state index contributed by atoms with van der Waals surface area (Å²) in [4.78, 5) is 2.63. The lowest BCUT2D eigenvalue weighted by Gasteiger charge is -2.35. The van der Waals surface area contributed by atoms with Gasteiger partial charge in [-0.2, -0.15) is 0 Å². The van der Waals surface area contributed by atoms with Crippen LogP contribution in [0.1, 0.15) is 46.5 Å². The summed E-state index contributed by atoms with van der Waals surface area (Å²) in [6, 6.07) is 1.57. The minimum atomic E-state index is 0.735. The second-order valence-electron chi connectivity index (χ2n) is 5.95. The van der Waals surface area contributed by atoms with Gasteiger partial charge >= 0.3 is 0 Å². The van der Waals surface area contributed by atoms with E-state index in [0.717, 1.165) is 23.9 Å². The molecule has 1 saturated heterocycles. The molecule has 0 bridgehead atoms. The van der Waals surface area contributed by atoms with E-state index in [-0.39, 0.29) is 0 Å². The molecule has 2 fully saturated rings. The summed E-state index contributed by atoms with van der Waals surface area (Å²) in [7, 11) is 0. The smallest absolute Gasteiger partial charge is 0.00989 e. The molecule has 0 aromatic carbocycles. The summed E-state index contributed by atoms with van der Waals surface area (Å²) in [5.74, 6) is 1.85. The van der Waals surface area contributed by atoms with Crippen LogP contribution in [-0.4, -0.2) is 36.6 Å². The molecule has 2 heteroatoms. The molecule has 1 N–H and O–H groups in total. The molecule has 0 radical (unpaired) electrons. The van der Waals surface area contributed by atoms with Gasteiger partial charge in [0, 0.05) is 12.1 Å². The van der Waals surface area contributed by atoms with Crippen LogP contribution >= 0.6 is 0 Å². The van der Waals surface area contributed by atoms with Crippen LogP contribution in [0.25, 0.3) is 0 Å². The molecular weight excluding hydrogens is 196 g/mol.